The highest BCUT2D eigenvalue weighted by molar-refractivity contribution is 7.80. The van der Waals surface area contributed by atoms with Crippen molar-refractivity contribution in [3.05, 3.63) is 144 Å². The van der Waals surface area contributed by atoms with Crippen LogP contribution in [0, 0.1) is 0 Å². The van der Waals surface area contributed by atoms with Gasteiger partial charge in [-0.05, 0) is 22.3 Å². The van der Waals surface area contributed by atoms with Crippen LogP contribution in [0.1, 0.15) is 46.9 Å². The fourth-order valence-electron chi connectivity index (χ4n) is 2.70. The SMILES string of the molecule is NC(N)c1ccccc1.NC(N)c1ccccc1.NC(N)c1ccccc1.NC(N)c1ccccc1.O=S(=O)(O)O.O=S(=O)(O)O.O=S(=O)(O)O.O=S(=O)(O)O. The predicted molar refractivity (Wildman–Crippen MR) is 207 cm³/mol. The maximum absolute atomic E-state index is 8.74. The molecule has 0 bridgehead atoms. The highest BCUT2D eigenvalue weighted by Crippen LogP contribution is 2.04. The molecule has 0 atom stereocenters. The van der Waals surface area contributed by atoms with E-state index in [1.807, 2.05) is 121 Å². The molecule has 4 rings (SSSR count). The van der Waals surface area contributed by atoms with Gasteiger partial charge in [0.1, 0.15) is 0 Å². The molecule has 4 aromatic rings. The Morgan fingerprint density at radius 2 is 0.357 bits per heavy atom. The van der Waals surface area contributed by atoms with Crippen molar-refractivity contribution in [3.63, 3.8) is 0 Å². The number of rotatable bonds is 4. The monoisotopic (exact) mass is 880 g/mol. The van der Waals surface area contributed by atoms with Crippen LogP contribution in [0.2, 0.25) is 0 Å². The lowest BCUT2D eigenvalue weighted by Crippen LogP contribution is -2.19. The molecule has 24 N–H and O–H groups in total. The van der Waals surface area contributed by atoms with E-state index in [0.29, 0.717) is 0 Å². The summed E-state index contributed by atoms with van der Waals surface area (Å²) >= 11 is 0. The summed E-state index contributed by atoms with van der Waals surface area (Å²) in [7, 11) is -18.7. The molecule has 0 aromatic heterocycles. The van der Waals surface area contributed by atoms with E-state index in [4.69, 9.17) is 116 Å². The molecule has 0 spiro atoms. The third-order valence-corrected chi connectivity index (χ3v) is 4.74. The number of hydrogen-bond donors (Lipinski definition) is 16. The molecule has 0 saturated carbocycles. The van der Waals surface area contributed by atoms with E-state index in [1.54, 1.807) is 0 Å². The second-order valence-corrected chi connectivity index (χ2v) is 13.1. The summed E-state index contributed by atoms with van der Waals surface area (Å²) in [6.45, 7) is 0. The fraction of sp³-hybridized carbons (Fsp3) is 0.143. The summed E-state index contributed by atoms with van der Waals surface area (Å²) in [5.41, 5.74) is 47.0. The van der Waals surface area contributed by atoms with Gasteiger partial charge in [0.25, 0.3) is 0 Å². The van der Waals surface area contributed by atoms with Crippen molar-refractivity contribution in [2.75, 3.05) is 0 Å². The van der Waals surface area contributed by atoms with E-state index < -0.39 is 41.6 Å². The van der Waals surface area contributed by atoms with Crippen molar-refractivity contribution >= 4 is 41.6 Å². The quantitative estimate of drug-likeness (QED) is 0.0932. The van der Waals surface area contributed by atoms with Crippen molar-refractivity contribution in [2.24, 2.45) is 45.9 Å². The van der Waals surface area contributed by atoms with Crippen molar-refractivity contribution in [2.45, 2.75) is 24.7 Å². The van der Waals surface area contributed by atoms with Crippen LogP contribution in [0.3, 0.4) is 0 Å². The summed E-state index contributed by atoms with van der Waals surface area (Å²) in [5, 5.41) is 0. The van der Waals surface area contributed by atoms with Gasteiger partial charge in [0.15, 0.2) is 0 Å². The first-order chi connectivity index (χ1) is 25.2. The minimum Gasteiger partial charge on any atom is -0.312 e. The highest BCUT2D eigenvalue weighted by atomic mass is 32.3. The van der Waals surface area contributed by atoms with E-state index in [0.717, 1.165) is 22.3 Å². The molecule has 0 unspecified atom stereocenters. The maximum Gasteiger partial charge on any atom is 0.394 e. The van der Waals surface area contributed by atoms with Gasteiger partial charge in [-0.15, -0.1) is 0 Å². The van der Waals surface area contributed by atoms with Crippen LogP contribution < -0.4 is 45.9 Å². The van der Waals surface area contributed by atoms with Gasteiger partial charge in [0, 0.05) is 0 Å². The molecule has 0 aliphatic carbocycles. The van der Waals surface area contributed by atoms with Crippen molar-refractivity contribution in [3.8, 4) is 0 Å². The third kappa shape index (κ3) is 62.0. The number of nitrogens with two attached hydrogens (primary N) is 8. The van der Waals surface area contributed by atoms with E-state index in [-0.39, 0.29) is 24.7 Å². The van der Waals surface area contributed by atoms with E-state index in [1.165, 1.54) is 0 Å². The normalized spacial score (nSPS) is 10.6. The van der Waals surface area contributed by atoms with Gasteiger partial charge in [0.2, 0.25) is 0 Å². The standard InChI is InChI=1S/4C7H10N2.4H2O4S/c4*8-7(9)6-4-2-1-3-5-6;4*1-5(2,3)4/h4*1-5,7H,8-9H2;4*(H2,1,2,3,4). The Labute approximate surface area is 324 Å². The Morgan fingerprint density at radius 1 is 0.268 bits per heavy atom. The summed E-state index contributed by atoms with van der Waals surface area (Å²) in [5.74, 6) is 0. The molecule has 24 nitrogen and oxygen atoms in total. The molecule has 56 heavy (non-hydrogen) atoms. The molecule has 0 fully saturated rings. The van der Waals surface area contributed by atoms with Gasteiger partial charge in [-0.2, -0.15) is 33.7 Å². The van der Waals surface area contributed by atoms with Crippen LogP contribution >= 0.6 is 0 Å². The molecule has 0 heterocycles. The summed E-state index contributed by atoms with van der Waals surface area (Å²) in [6.07, 6.45) is -1.37. The van der Waals surface area contributed by atoms with Gasteiger partial charge in [-0.1, -0.05) is 121 Å². The van der Waals surface area contributed by atoms with Crippen molar-refractivity contribution in [1.82, 2.24) is 0 Å². The van der Waals surface area contributed by atoms with Crippen LogP contribution in [0.15, 0.2) is 121 Å². The molecular formula is C28H48N8O16S4. The summed E-state index contributed by atoms with van der Waals surface area (Å²) in [6, 6.07) is 38.4. The van der Waals surface area contributed by atoms with Crippen LogP contribution in [-0.2, 0) is 41.6 Å². The zero-order chi connectivity index (χ0) is 44.8. The molecule has 0 aliphatic rings. The molecule has 0 amide bonds. The van der Waals surface area contributed by atoms with Crippen LogP contribution in [-0.4, -0.2) is 70.1 Å². The molecular weight excluding hydrogens is 833 g/mol. The Bertz CT molecular complexity index is 1660. The molecule has 0 aliphatic heterocycles. The van der Waals surface area contributed by atoms with Gasteiger partial charge >= 0.3 is 41.6 Å². The lowest BCUT2D eigenvalue weighted by molar-refractivity contribution is 0.378. The zero-order valence-corrected chi connectivity index (χ0v) is 32.2. The highest BCUT2D eigenvalue weighted by Gasteiger charge is 1.96. The smallest absolute Gasteiger partial charge is 0.312 e. The maximum atomic E-state index is 8.74. The van der Waals surface area contributed by atoms with Crippen LogP contribution in [0.5, 0.6) is 0 Å². The van der Waals surface area contributed by atoms with Crippen molar-refractivity contribution in [1.29, 1.82) is 0 Å². The zero-order valence-electron chi connectivity index (χ0n) is 29.0. The molecule has 0 radical (unpaired) electrons. The second kappa shape index (κ2) is 31.2. The van der Waals surface area contributed by atoms with Crippen molar-refractivity contribution < 1.29 is 70.1 Å². The molecule has 320 valence electrons. The first-order valence-corrected chi connectivity index (χ1v) is 19.8. The lowest BCUT2D eigenvalue weighted by Gasteiger charge is -2.02. The Balaban J connectivity index is -0.000000281. The minimum atomic E-state index is -4.67. The van der Waals surface area contributed by atoms with E-state index in [2.05, 4.69) is 0 Å². The van der Waals surface area contributed by atoms with Gasteiger partial charge in [-0.3, -0.25) is 36.4 Å². The largest absolute Gasteiger partial charge is 0.394 e. The lowest BCUT2D eigenvalue weighted by atomic mass is 10.2. The molecule has 28 heteroatoms. The number of benzene rings is 4. The van der Waals surface area contributed by atoms with Crippen LogP contribution in [0.25, 0.3) is 0 Å². The topological polar surface area (TPSA) is 507 Å². The Hall–Kier alpha value is -3.96. The fourth-order valence-corrected chi connectivity index (χ4v) is 2.70. The average molecular weight is 881 g/mol. The molecule has 0 saturated heterocycles. The average Bonchev–Trinajstić information content (AvgIpc) is 3.04. The number of hydrogen-bond acceptors (Lipinski definition) is 16. The van der Waals surface area contributed by atoms with Gasteiger partial charge < -0.3 is 45.9 Å². The summed E-state index contributed by atoms with van der Waals surface area (Å²) < 4.78 is 126. The van der Waals surface area contributed by atoms with E-state index >= 15 is 0 Å². The third-order valence-electron chi connectivity index (χ3n) is 4.74. The van der Waals surface area contributed by atoms with Gasteiger partial charge in [0.05, 0.1) is 24.7 Å². The van der Waals surface area contributed by atoms with Crippen LogP contribution in [0.4, 0.5) is 0 Å². The minimum absolute atomic E-state index is 0.341. The Kier molecular flexibility index (Phi) is 32.7. The van der Waals surface area contributed by atoms with Gasteiger partial charge in [-0.25, -0.2) is 0 Å². The predicted octanol–water partition coefficient (Wildman–Crippen LogP) is -0.201. The first kappa shape index (κ1) is 58.7. The molecule has 4 aromatic carbocycles. The second-order valence-electron chi connectivity index (χ2n) is 9.54. The first-order valence-electron chi connectivity index (χ1n) is 14.3. The van der Waals surface area contributed by atoms with E-state index in [9.17, 15) is 0 Å². The summed E-state index contributed by atoms with van der Waals surface area (Å²) in [4.78, 5) is 0. The Morgan fingerprint density at radius 3 is 0.411 bits per heavy atom.